The summed E-state index contributed by atoms with van der Waals surface area (Å²) in [4.78, 5) is 10.3. The molecule has 5 nitrogen and oxygen atoms in total. The van der Waals surface area contributed by atoms with Crippen molar-refractivity contribution >= 4 is 55.9 Å². The molecule has 0 bridgehead atoms. The second-order valence-electron chi connectivity index (χ2n) is 14.8. The van der Waals surface area contributed by atoms with Crippen LogP contribution in [0.1, 0.15) is 22.3 Å². The molecule has 0 saturated heterocycles. The Kier molecular flexibility index (Phi) is 6.76. The maximum atomic E-state index is 16.4. The van der Waals surface area contributed by atoms with Crippen molar-refractivity contribution in [2.45, 2.75) is 5.41 Å². The first-order valence-corrected chi connectivity index (χ1v) is 20.8. The zero-order chi connectivity index (χ0) is 37.7. The number of hydrogen-bond donors (Lipinski definition) is 0. The van der Waals surface area contributed by atoms with Crippen LogP contribution < -0.4 is 20.7 Å². The van der Waals surface area contributed by atoms with E-state index in [-0.39, 0.29) is 0 Å². The van der Waals surface area contributed by atoms with E-state index in [9.17, 15) is 0 Å². The van der Waals surface area contributed by atoms with E-state index in [2.05, 4.69) is 84.9 Å². The van der Waals surface area contributed by atoms with Gasteiger partial charge in [0.25, 0.3) is 0 Å². The summed E-state index contributed by atoms with van der Waals surface area (Å²) in [5, 5.41) is 5.32. The molecule has 0 fully saturated rings. The SMILES string of the molecule is O=P1(c2ccccc2)c2ccccc2C2(c3ccccc3Oc3cc(-c4nc(-c5ccccc5)c5ccccc5n4)ccc32)c2cc3c(cc21)oc1ccccc13. The third kappa shape index (κ3) is 4.43. The number of para-hydroxylation sites is 3. The highest BCUT2D eigenvalue weighted by Gasteiger charge is 2.55. The van der Waals surface area contributed by atoms with Gasteiger partial charge in [-0.1, -0.05) is 152 Å². The van der Waals surface area contributed by atoms with Gasteiger partial charge in [-0.15, -0.1) is 0 Å². The number of fused-ring (bicyclic) bond motifs is 12. The fraction of sp³-hybridized carbons (Fsp3) is 0.0196. The lowest BCUT2D eigenvalue weighted by atomic mass is 9.63. The molecule has 0 aliphatic carbocycles. The summed E-state index contributed by atoms with van der Waals surface area (Å²) in [6, 6.07) is 63.6. The summed E-state index contributed by atoms with van der Waals surface area (Å²) in [6.45, 7) is 0. The van der Waals surface area contributed by atoms with Gasteiger partial charge in [-0.3, -0.25) is 0 Å². The van der Waals surface area contributed by atoms with Crippen molar-refractivity contribution in [3.63, 3.8) is 0 Å². The molecule has 0 saturated carbocycles. The first kappa shape index (κ1) is 32.2. The highest BCUT2D eigenvalue weighted by Crippen LogP contribution is 2.62. The number of hydrogen-bond acceptors (Lipinski definition) is 5. The van der Waals surface area contributed by atoms with Crippen LogP contribution in [0.5, 0.6) is 11.5 Å². The molecule has 4 heterocycles. The van der Waals surface area contributed by atoms with Gasteiger partial charge in [-0.2, -0.15) is 0 Å². The van der Waals surface area contributed by atoms with Crippen molar-refractivity contribution in [2.75, 3.05) is 0 Å². The molecule has 0 amide bonds. The summed E-state index contributed by atoms with van der Waals surface area (Å²) in [7, 11) is -3.45. The lowest BCUT2D eigenvalue weighted by Gasteiger charge is -2.47. The number of nitrogens with zero attached hydrogens (tertiary/aromatic N) is 2. The van der Waals surface area contributed by atoms with Gasteiger partial charge >= 0.3 is 0 Å². The summed E-state index contributed by atoms with van der Waals surface area (Å²) in [6.07, 6.45) is 0. The Morgan fingerprint density at radius 1 is 0.456 bits per heavy atom. The number of rotatable bonds is 3. The molecule has 2 aliphatic rings. The number of furan rings is 1. The van der Waals surface area contributed by atoms with E-state index in [1.165, 1.54) is 0 Å². The molecule has 2 unspecified atom stereocenters. The van der Waals surface area contributed by atoms with Crippen molar-refractivity contribution < 1.29 is 13.7 Å². The van der Waals surface area contributed by atoms with E-state index in [1.54, 1.807) is 0 Å². The molecule has 10 aromatic rings. The van der Waals surface area contributed by atoms with Crippen LogP contribution in [0.2, 0.25) is 0 Å². The van der Waals surface area contributed by atoms with Gasteiger partial charge in [0.2, 0.25) is 0 Å². The number of aromatic nitrogens is 2. The quantitative estimate of drug-likeness (QED) is 0.168. The fourth-order valence-corrected chi connectivity index (χ4v) is 12.5. The summed E-state index contributed by atoms with van der Waals surface area (Å²) >= 11 is 0. The van der Waals surface area contributed by atoms with Crippen molar-refractivity contribution in [1.82, 2.24) is 9.97 Å². The fourth-order valence-electron chi connectivity index (χ4n) is 9.36. The van der Waals surface area contributed by atoms with E-state index >= 15 is 4.57 Å². The van der Waals surface area contributed by atoms with Crippen LogP contribution in [-0.2, 0) is 9.98 Å². The van der Waals surface area contributed by atoms with Crippen LogP contribution in [0.3, 0.4) is 0 Å². The van der Waals surface area contributed by atoms with E-state index in [0.717, 1.165) is 88.0 Å². The Morgan fingerprint density at radius 3 is 2.00 bits per heavy atom. The molecule has 268 valence electrons. The second kappa shape index (κ2) is 12.0. The number of ether oxygens (including phenoxy) is 1. The molecule has 0 radical (unpaired) electrons. The topological polar surface area (TPSA) is 65.2 Å². The Balaban J connectivity index is 1.18. The largest absolute Gasteiger partial charge is 0.457 e. The molecule has 57 heavy (non-hydrogen) atoms. The molecule has 1 spiro atoms. The Morgan fingerprint density at radius 2 is 1.14 bits per heavy atom. The maximum Gasteiger partial charge on any atom is 0.171 e. The average Bonchev–Trinajstić information content (AvgIpc) is 3.65. The molecule has 0 N–H and O–H groups in total. The molecular weight excluding hydrogens is 720 g/mol. The van der Waals surface area contributed by atoms with Crippen LogP contribution in [-0.4, -0.2) is 9.97 Å². The van der Waals surface area contributed by atoms with Gasteiger partial charge in [0.1, 0.15) is 22.7 Å². The second-order valence-corrected chi connectivity index (χ2v) is 17.5. The predicted octanol–water partition coefficient (Wildman–Crippen LogP) is 11.3. The van der Waals surface area contributed by atoms with Gasteiger partial charge in [-0.05, 0) is 47.5 Å². The zero-order valence-corrected chi connectivity index (χ0v) is 31.4. The standard InChI is InChI=1S/C51H31N2O3P/c54-57(34-17-5-2-6-18-34)47-26-14-10-22-40(47)51(41-30-37-35-19-8-12-24-43(35)55-45(37)31-48(41)57)38-21-9-13-25-44(38)56-46-29-33(27-28-39(46)51)50-52-42-23-11-7-20-36(42)49(53-50)32-15-3-1-4-16-32/h1-31H. The highest BCUT2D eigenvalue weighted by atomic mass is 31.2. The van der Waals surface area contributed by atoms with Gasteiger partial charge in [0.15, 0.2) is 13.0 Å². The Hall–Kier alpha value is -7.07. The van der Waals surface area contributed by atoms with E-state index in [4.69, 9.17) is 19.1 Å². The van der Waals surface area contributed by atoms with Gasteiger partial charge in [-0.25, -0.2) is 9.97 Å². The van der Waals surface area contributed by atoms with Gasteiger partial charge < -0.3 is 13.7 Å². The highest BCUT2D eigenvalue weighted by molar-refractivity contribution is 7.85. The molecule has 2 atom stereocenters. The third-order valence-corrected chi connectivity index (χ3v) is 15.0. The normalized spacial score (nSPS) is 17.8. The van der Waals surface area contributed by atoms with Gasteiger partial charge in [0, 0.05) is 54.3 Å². The van der Waals surface area contributed by atoms with Crippen LogP contribution >= 0.6 is 7.14 Å². The summed E-state index contributed by atoms with van der Waals surface area (Å²) < 4.78 is 29.9. The van der Waals surface area contributed by atoms with E-state index in [0.29, 0.717) is 17.2 Å². The monoisotopic (exact) mass is 750 g/mol. The van der Waals surface area contributed by atoms with Crippen molar-refractivity contribution in [3.8, 4) is 34.1 Å². The number of benzene rings is 8. The predicted molar refractivity (Wildman–Crippen MR) is 229 cm³/mol. The van der Waals surface area contributed by atoms with E-state index in [1.807, 2.05) is 103 Å². The zero-order valence-electron chi connectivity index (χ0n) is 30.5. The van der Waals surface area contributed by atoms with E-state index < -0.39 is 12.6 Å². The van der Waals surface area contributed by atoms with Gasteiger partial charge in [0.05, 0.1) is 16.6 Å². The molecule has 6 heteroatoms. The molecule has 2 aromatic heterocycles. The molecule has 2 aliphatic heterocycles. The lowest BCUT2D eigenvalue weighted by Crippen LogP contribution is -2.47. The summed E-state index contributed by atoms with van der Waals surface area (Å²) in [5.41, 5.74) is 8.05. The Labute approximate surface area is 328 Å². The Bertz CT molecular complexity index is 3320. The average molecular weight is 751 g/mol. The first-order chi connectivity index (χ1) is 28.1. The van der Waals surface area contributed by atoms with Crippen molar-refractivity contribution in [3.05, 3.63) is 210 Å². The van der Waals surface area contributed by atoms with Crippen molar-refractivity contribution in [2.24, 2.45) is 0 Å². The first-order valence-electron chi connectivity index (χ1n) is 19.1. The minimum Gasteiger partial charge on any atom is -0.457 e. The minimum atomic E-state index is -3.45. The minimum absolute atomic E-state index is 0.608. The maximum absolute atomic E-state index is 16.4. The summed E-state index contributed by atoms with van der Waals surface area (Å²) in [5.74, 6) is 2.04. The molecule has 12 rings (SSSR count). The van der Waals surface area contributed by atoms with Crippen molar-refractivity contribution in [1.29, 1.82) is 0 Å². The molecule has 8 aromatic carbocycles. The van der Waals surface area contributed by atoms with Crippen LogP contribution in [0, 0.1) is 0 Å². The smallest absolute Gasteiger partial charge is 0.171 e. The third-order valence-electron chi connectivity index (χ3n) is 11.8. The van der Waals surface area contributed by atoms with Crippen LogP contribution in [0.25, 0.3) is 55.5 Å². The van der Waals surface area contributed by atoms with Crippen LogP contribution in [0.4, 0.5) is 0 Å². The van der Waals surface area contributed by atoms with Crippen LogP contribution in [0.15, 0.2) is 192 Å². The molecular formula is C51H31N2O3P. The lowest BCUT2D eigenvalue weighted by molar-refractivity contribution is 0.435.